The Bertz CT molecular complexity index is 159. The summed E-state index contributed by atoms with van der Waals surface area (Å²) in [5.41, 5.74) is 0. The van der Waals surface area contributed by atoms with Crippen molar-refractivity contribution >= 4 is 0 Å². The van der Waals surface area contributed by atoms with Crippen molar-refractivity contribution in [1.82, 2.24) is 0 Å². The van der Waals surface area contributed by atoms with E-state index in [0.717, 1.165) is 11.8 Å². The maximum absolute atomic E-state index is 2.47. The van der Waals surface area contributed by atoms with Gasteiger partial charge < -0.3 is 0 Å². The molecule has 0 aromatic carbocycles. The van der Waals surface area contributed by atoms with Gasteiger partial charge in [-0.15, -0.1) is 0 Å². The minimum absolute atomic E-state index is 1.06. The Labute approximate surface area is 63.0 Å². The predicted molar refractivity (Wildman–Crippen MR) is 41.5 cm³/mol. The summed E-state index contributed by atoms with van der Waals surface area (Å²) in [4.78, 5) is 0. The molecule has 3 fully saturated rings. The molecule has 10 heavy (non-hydrogen) atoms. The topological polar surface area (TPSA) is 0 Å². The molecule has 0 bridgehead atoms. The first kappa shape index (κ1) is 5.62. The molecule has 6 unspecified atom stereocenters. The second-order valence-electron chi connectivity index (χ2n) is 4.91. The maximum atomic E-state index is 2.47. The minimum Gasteiger partial charge on any atom is -0.0622 e. The van der Waals surface area contributed by atoms with Gasteiger partial charge in [-0.1, -0.05) is 13.8 Å². The van der Waals surface area contributed by atoms with Crippen molar-refractivity contribution in [2.24, 2.45) is 35.5 Å². The molecule has 0 aliphatic heterocycles. The van der Waals surface area contributed by atoms with Gasteiger partial charge in [-0.05, 0) is 48.3 Å². The summed E-state index contributed by atoms with van der Waals surface area (Å²) >= 11 is 0. The van der Waals surface area contributed by atoms with E-state index in [9.17, 15) is 0 Å². The first-order chi connectivity index (χ1) is 4.79. The van der Waals surface area contributed by atoms with Crippen LogP contribution in [0.5, 0.6) is 0 Å². The molecular formula is C10H16. The maximum Gasteiger partial charge on any atom is -0.0318 e. The van der Waals surface area contributed by atoms with Crippen molar-refractivity contribution in [3.05, 3.63) is 0 Å². The third kappa shape index (κ3) is 0.436. The molecule has 0 N–H and O–H groups in total. The Hall–Kier alpha value is 0. The molecule has 0 aromatic heterocycles. The van der Waals surface area contributed by atoms with Crippen molar-refractivity contribution in [3.8, 4) is 0 Å². The van der Waals surface area contributed by atoms with Gasteiger partial charge in [0.25, 0.3) is 0 Å². The molecule has 0 radical (unpaired) electrons. The summed E-state index contributed by atoms with van der Waals surface area (Å²) in [5.74, 6) is 6.94. The Kier molecular flexibility index (Phi) is 0.810. The number of rotatable bonds is 0. The number of fused-ring (bicyclic) bond motifs is 1. The molecule has 0 saturated heterocycles. The van der Waals surface area contributed by atoms with Crippen LogP contribution in [0.1, 0.15) is 26.7 Å². The SMILES string of the molecule is CC1CC(C)C2C3CC1C32. The molecule has 3 rings (SSSR count). The third-order valence-corrected chi connectivity index (χ3v) is 4.46. The molecule has 0 heteroatoms. The van der Waals surface area contributed by atoms with Gasteiger partial charge in [0, 0.05) is 0 Å². The van der Waals surface area contributed by atoms with Gasteiger partial charge in [0.15, 0.2) is 0 Å². The van der Waals surface area contributed by atoms with Crippen molar-refractivity contribution < 1.29 is 0 Å². The van der Waals surface area contributed by atoms with Crippen LogP contribution in [0.4, 0.5) is 0 Å². The monoisotopic (exact) mass is 136 g/mol. The van der Waals surface area contributed by atoms with E-state index in [1.165, 1.54) is 30.1 Å². The van der Waals surface area contributed by atoms with Gasteiger partial charge in [0.05, 0.1) is 0 Å². The molecule has 0 aromatic rings. The molecule has 3 aliphatic carbocycles. The van der Waals surface area contributed by atoms with Crippen LogP contribution in [0.25, 0.3) is 0 Å². The van der Waals surface area contributed by atoms with E-state index in [1.54, 1.807) is 6.42 Å². The van der Waals surface area contributed by atoms with E-state index in [1.807, 2.05) is 0 Å². The molecule has 3 aliphatic rings. The second-order valence-corrected chi connectivity index (χ2v) is 4.91. The smallest absolute Gasteiger partial charge is 0.0318 e. The van der Waals surface area contributed by atoms with Crippen LogP contribution < -0.4 is 0 Å². The third-order valence-electron chi connectivity index (χ3n) is 4.46. The van der Waals surface area contributed by atoms with Gasteiger partial charge in [-0.2, -0.15) is 0 Å². The van der Waals surface area contributed by atoms with E-state index in [-0.39, 0.29) is 0 Å². The molecule has 0 heterocycles. The van der Waals surface area contributed by atoms with Crippen molar-refractivity contribution in [1.29, 1.82) is 0 Å². The molecule has 0 nitrogen and oxygen atoms in total. The quantitative estimate of drug-likeness (QED) is 0.480. The van der Waals surface area contributed by atoms with Gasteiger partial charge in [-0.25, -0.2) is 0 Å². The van der Waals surface area contributed by atoms with Gasteiger partial charge in [-0.3, -0.25) is 0 Å². The van der Waals surface area contributed by atoms with Crippen LogP contribution in [-0.2, 0) is 0 Å². The van der Waals surface area contributed by atoms with E-state index < -0.39 is 0 Å². The zero-order valence-electron chi connectivity index (χ0n) is 6.88. The average molecular weight is 136 g/mol. The van der Waals surface area contributed by atoms with E-state index in [4.69, 9.17) is 0 Å². The van der Waals surface area contributed by atoms with E-state index in [2.05, 4.69) is 13.8 Å². The number of hydrogen-bond acceptors (Lipinski definition) is 0. The fourth-order valence-electron chi connectivity index (χ4n) is 3.95. The fraction of sp³-hybridized carbons (Fsp3) is 1.00. The van der Waals surface area contributed by atoms with Crippen LogP contribution in [0.3, 0.4) is 0 Å². The summed E-state index contributed by atoms with van der Waals surface area (Å²) in [5, 5.41) is 0. The van der Waals surface area contributed by atoms with Gasteiger partial charge in [0.2, 0.25) is 0 Å². The Morgan fingerprint density at radius 2 is 1.60 bits per heavy atom. The fourth-order valence-corrected chi connectivity index (χ4v) is 3.95. The standard InChI is InChI=1S/C10H16/c1-5-3-6(2)9-8-4-7(5)10(8)9/h5-10H,3-4H2,1-2H3. The average Bonchev–Trinajstić information content (AvgIpc) is 2.36. The second kappa shape index (κ2) is 1.44. The van der Waals surface area contributed by atoms with Crippen molar-refractivity contribution in [3.63, 3.8) is 0 Å². The lowest BCUT2D eigenvalue weighted by Crippen LogP contribution is -2.26. The summed E-state index contributed by atoms with van der Waals surface area (Å²) in [7, 11) is 0. The Morgan fingerprint density at radius 1 is 0.800 bits per heavy atom. The lowest BCUT2D eigenvalue weighted by atomic mass is 9.71. The van der Waals surface area contributed by atoms with Crippen molar-refractivity contribution in [2.75, 3.05) is 0 Å². The molecule has 0 spiro atoms. The molecule has 6 atom stereocenters. The van der Waals surface area contributed by atoms with Crippen LogP contribution in [-0.4, -0.2) is 0 Å². The summed E-state index contributed by atoms with van der Waals surface area (Å²) in [6.45, 7) is 4.93. The highest BCUT2D eigenvalue weighted by atomic mass is 14.7. The first-order valence-electron chi connectivity index (χ1n) is 4.79. The van der Waals surface area contributed by atoms with Crippen LogP contribution in [0.2, 0.25) is 0 Å². The Morgan fingerprint density at radius 3 is 2.40 bits per heavy atom. The van der Waals surface area contributed by atoms with Crippen LogP contribution in [0, 0.1) is 35.5 Å². The summed E-state index contributed by atoms with van der Waals surface area (Å²) in [6.07, 6.45) is 3.13. The summed E-state index contributed by atoms with van der Waals surface area (Å²) < 4.78 is 0. The highest BCUT2D eigenvalue weighted by Crippen LogP contribution is 2.73. The van der Waals surface area contributed by atoms with Gasteiger partial charge in [0.1, 0.15) is 0 Å². The predicted octanol–water partition coefficient (Wildman–Crippen LogP) is 2.54. The molecule has 56 valence electrons. The molecular weight excluding hydrogens is 120 g/mol. The van der Waals surface area contributed by atoms with Gasteiger partial charge >= 0.3 is 0 Å². The highest BCUT2D eigenvalue weighted by molar-refractivity contribution is 5.15. The first-order valence-corrected chi connectivity index (χ1v) is 4.79. The van der Waals surface area contributed by atoms with E-state index >= 15 is 0 Å². The lowest BCUT2D eigenvalue weighted by molar-refractivity contribution is 0.153. The minimum atomic E-state index is 1.06. The largest absolute Gasteiger partial charge is 0.0622 e. The Balaban J connectivity index is 1.89. The highest BCUT2D eigenvalue weighted by Gasteiger charge is 2.67. The molecule has 0 amide bonds. The summed E-state index contributed by atoms with van der Waals surface area (Å²) in [6, 6.07) is 0. The lowest BCUT2D eigenvalue weighted by Gasteiger charge is -2.34. The normalized spacial score (nSPS) is 70.2. The van der Waals surface area contributed by atoms with Crippen molar-refractivity contribution in [2.45, 2.75) is 26.7 Å². The van der Waals surface area contributed by atoms with Crippen LogP contribution >= 0.6 is 0 Å². The molecule has 3 saturated carbocycles. The zero-order chi connectivity index (χ0) is 6.88. The van der Waals surface area contributed by atoms with E-state index in [0.29, 0.717) is 0 Å². The number of hydrogen-bond donors (Lipinski definition) is 0. The zero-order valence-corrected chi connectivity index (χ0v) is 6.88. The van der Waals surface area contributed by atoms with Crippen LogP contribution in [0.15, 0.2) is 0 Å².